The van der Waals surface area contributed by atoms with Crippen molar-refractivity contribution in [3.63, 3.8) is 0 Å². The fraction of sp³-hybridized carbons (Fsp3) is 0.400. The average Bonchev–Trinajstić information content (AvgIpc) is 3.45. The Bertz CT molecular complexity index is 2180. The summed E-state index contributed by atoms with van der Waals surface area (Å²) in [5.74, 6) is 1.39. The minimum Gasteiger partial charge on any atom is -0.437 e. The molecule has 0 spiro atoms. The molecule has 2 aromatic carbocycles. The van der Waals surface area contributed by atoms with Crippen molar-refractivity contribution in [3.8, 4) is 11.3 Å². The Morgan fingerprint density at radius 3 is 2.42 bits per heavy atom. The molecular formula is C45H55N3OSi+2. The second-order valence-corrected chi connectivity index (χ2v) is 21.6. The smallest absolute Gasteiger partial charge is 0.247 e. The maximum absolute atomic E-state index is 6.80. The van der Waals surface area contributed by atoms with Crippen LogP contribution in [0.4, 0.5) is 0 Å². The number of allylic oxidation sites excluding steroid dienone is 2. The minimum absolute atomic E-state index is 0.0744. The van der Waals surface area contributed by atoms with E-state index < -0.39 is 8.07 Å². The summed E-state index contributed by atoms with van der Waals surface area (Å²) < 4.78 is 11.9. The van der Waals surface area contributed by atoms with Crippen molar-refractivity contribution in [2.75, 3.05) is 6.54 Å². The lowest BCUT2D eigenvalue weighted by Gasteiger charge is -2.32. The van der Waals surface area contributed by atoms with Crippen LogP contribution in [0.2, 0.25) is 19.6 Å². The lowest BCUT2D eigenvalue weighted by molar-refractivity contribution is -0.727. The Labute approximate surface area is 300 Å². The average molecular weight is 682 g/mol. The molecule has 2 atom stereocenters. The highest BCUT2D eigenvalue weighted by atomic mass is 28.3. The van der Waals surface area contributed by atoms with Crippen molar-refractivity contribution in [1.29, 1.82) is 0 Å². The van der Waals surface area contributed by atoms with Crippen LogP contribution < -0.4 is 9.75 Å². The number of aromatic nitrogens is 2. The second kappa shape index (κ2) is 13.2. The number of rotatable bonds is 8. The highest BCUT2D eigenvalue weighted by Gasteiger charge is 2.48. The molecule has 3 aromatic heterocycles. The monoisotopic (exact) mass is 681 g/mol. The molecule has 5 heteroatoms. The maximum atomic E-state index is 6.80. The van der Waals surface area contributed by atoms with Crippen LogP contribution in [0.3, 0.4) is 0 Å². The van der Waals surface area contributed by atoms with Gasteiger partial charge in [-0.25, -0.2) is 4.98 Å². The van der Waals surface area contributed by atoms with Gasteiger partial charge in [-0.1, -0.05) is 91.2 Å². The Hall–Kier alpha value is -4.09. The van der Waals surface area contributed by atoms with Crippen LogP contribution in [0.25, 0.3) is 33.3 Å². The van der Waals surface area contributed by atoms with E-state index >= 15 is 0 Å². The van der Waals surface area contributed by atoms with Crippen molar-refractivity contribution >= 4 is 41.0 Å². The molecule has 2 unspecified atom stereocenters. The second-order valence-electron chi connectivity index (χ2n) is 16.6. The molecule has 0 saturated heterocycles. The number of hydrogen-bond donors (Lipinski definition) is 0. The number of benzene rings is 2. The number of fused-ring (bicyclic) bond motifs is 11. The van der Waals surface area contributed by atoms with Gasteiger partial charge in [0.1, 0.15) is 6.54 Å². The first-order valence-corrected chi connectivity index (χ1v) is 22.4. The molecule has 0 bridgehead atoms. The summed E-state index contributed by atoms with van der Waals surface area (Å²) in [5.41, 5.74) is 13.0. The topological polar surface area (TPSA) is 32.9 Å². The van der Waals surface area contributed by atoms with E-state index in [0.717, 1.165) is 83.4 Å². The molecule has 4 nitrogen and oxygen atoms in total. The van der Waals surface area contributed by atoms with Gasteiger partial charge < -0.3 is 4.42 Å². The van der Waals surface area contributed by atoms with Crippen molar-refractivity contribution < 1.29 is 13.6 Å². The third-order valence-corrected chi connectivity index (χ3v) is 12.9. The summed E-state index contributed by atoms with van der Waals surface area (Å²) in [6.07, 6.45) is 9.55. The minimum atomic E-state index is -1.68. The fourth-order valence-corrected chi connectivity index (χ4v) is 10.4. The van der Waals surface area contributed by atoms with Gasteiger partial charge in [-0.05, 0) is 79.0 Å². The van der Waals surface area contributed by atoms with Crippen molar-refractivity contribution in [1.82, 2.24) is 4.98 Å². The van der Waals surface area contributed by atoms with Crippen LogP contribution in [-0.2, 0) is 19.3 Å². The number of aryl methyl sites for hydroxylation is 1. The zero-order valence-electron chi connectivity index (χ0n) is 31.6. The lowest BCUT2D eigenvalue weighted by Crippen LogP contribution is -2.55. The molecule has 0 radical (unpaired) electrons. The van der Waals surface area contributed by atoms with Crippen molar-refractivity contribution in [2.24, 2.45) is 11.8 Å². The van der Waals surface area contributed by atoms with E-state index in [1.54, 1.807) is 5.19 Å². The van der Waals surface area contributed by atoms with Crippen molar-refractivity contribution in [3.05, 3.63) is 114 Å². The molecule has 0 fully saturated rings. The van der Waals surface area contributed by atoms with Crippen LogP contribution >= 0.6 is 0 Å². The predicted octanol–water partition coefficient (Wildman–Crippen LogP) is 10.1. The highest BCUT2D eigenvalue weighted by molar-refractivity contribution is 6.89. The molecule has 0 amide bonds. The summed E-state index contributed by atoms with van der Waals surface area (Å²) in [5, 5.41) is 3.75. The van der Waals surface area contributed by atoms with E-state index in [9.17, 15) is 0 Å². The van der Waals surface area contributed by atoms with Crippen molar-refractivity contribution in [2.45, 2.75) is 98.3 Å². The first-order valence-electron chi connectivity index (χ1n) is 18.9. The Kier molecular flexibility index (Phi) is 9.09. The Balaban J connectivity index is 1.50. The van der Waals surface area contributed by atoms with E-state index in [1.165, 1.54) is 27.9 Å². The molecule has 0 saturated carbocycles. The quantitative estimate of drug-likeness (QED) is 0.121. The first-order chi connectivity index (χ1) is 23.9. The van der Waals surface area contributed by atoms with E-state index in [1.807, 2.05) is 6.08 Å². The lowest BCUT2D eigenvalue weighted by atomic mass is 9.78. The zero-order chi connectivity index (χ0) is 35.5. The molecule has 0 N–H and O–H groups in total. The van der Waals surface area contributed by atoms with Gasteiger partial charge in [0.25, 0.3) is 0 Å². The molecule has 2 aliphatic heterocycles. The van der Waals surface area contributed by atoms with Crippen LogP contribution in [0.15, 0.2) is 90.1 Å². The van der Waals surface area contributed by atoms with E-state index in [0.29, 0.717) is 11.8 Å². The van der Waals surface area contributed by atoms with Gasteiger partial charge in [-0.15, -0.1) is 0 Å². The number of nitrogens with zero attached hydrogens (tertiary/aromatic N) is 3. The standard InChI is InChI=1S/C45H55N3OSi/c1-11-23-47-30(7)43-36(34-15-13-14-16-35(34)40-26-32(24-28(3)4)41(27-48(40)43)50(8,9)10)20-17-31-18-21-37-38-22-19-33(25-29(5)6)46-45(38)49-44(37)42(31)39(47)12-2/h12-16,18-19,21-22,26-29,36,43H,2,7,11,17,20,23-25H2,1,3-6,8-10H3/q+2/b47-39-. The van der Waals surface area contributed by atoms with Crippen LogP contribution in [0, 0.1) is 11.8 Å². The summed E-state index contributed by atoms with van der Waals surface area (Å²) in [7, 11) is -1.68. The highest BCUT2D eigenvalue weighted by Crippen LogP contribution is 2.45. The van der Waals surface area contributed by atoms with Gasteiger partial charge in [0.05, 0.1) is 19.6 Å². The molecule has 258 valence electrons. The SMILES string of the molecule is C=C/C1=[N+](\CCC)C(=C)C2C(CCc3ccc4c(oc5nc(CC(C)C)ccc54)c31)c1ccccc1-c1cc(CC(C)C)c([Si](C)(C)C)c[n+]12. The molecule has 50 heavy (non-hydrogen) atoms. The summed E-state index contributed by atoms with van der Waals surface area (Å²) in [4.78, 5) is 5.01. The Morgan fingerprint density at radius 1 is 0.980 bits per heavy atom. The molecule has 7 rings (SSSR count). The van der Waals surface area contributed by atoms with Crippen LogP contribution in [0.1, 0.15) is 87.4 Å². The molecule has 5 heterocycles. The molecule has 0 aliphatic carbocycles. The number of furan rings is 1. The molecule has 5 aromatic rings. The predicted molar refractivity (Wildman–Crippen MR) is 213 cm³/mol. The van der Waals surface area contributed by atoms with Gasteiger partial charge in [0, 0.05) is 45.8 Å². The first kappa shape index (κ1) is 34.4. The number of pyridine rings is 2. The fourth-order valence-electron chi connectivity index (χ4n) is 8.74. The van der Waals surface area contributed by atoms with Gasteiger partial charge >= 0.3 is 0 Å². The van der Waals surface area contributed by atoms with Crippen LogP contribution in [-0.4, -0.2) is 29.9 Å². The molecular weight excluding hydrogens is 627 g/mol. The normalized spacial score (nSPS) is 19.2. The third-order valence-electron chi connectivity index (χ3n) is 10.8. The van der Waals surface area contributed by atoms with Gasteiger partial charge in [0.15, 0.2) is 11.8 Å². The largest absolute Gasteiger partial charge is 0.437 e. The van der Waals surface area contributed by atoms with Gasteiger partial charge in [-0.2, -0.15) is 9.14 Å². The van der Waals surface area contributed by atoms with E-state index in [-0.39, 0.29) is 12.0 Å². The zero-order valence-corrected chi connectivity index (χ0v) is 32.6. The number of hydrogen-bond acceptors (Lipinski definition) is 2. The van der Waals surface area contributed by atoms with Gasteiger partial charge in [-0.3, -0.25) is 0 Å². The third kappa shape index (κ3) is 5.91. The Morgan fingerprint density at radius 2 is 1.72 bits per heavy atom. The van der Waals surface area contributed by atoms with Gasteiger partial charge in [0.2, 0.25) is 28.9 Å². The van der Waals surface area contributed by atoms with E-state index in [2.05, 4.69) is 131 Å². The summed E-state index contributed by atoms with van der Waals surface area (Å²) >= 11 is 0. The summed E-state index contributed by atoms with van der Waals surface area (Å²) in [6, 6.07) is 20.7. The van der Waals surface area contributed by atoms with Crippen LogP contribution in [0.5, 0.6) is 0 Å². The molecule has 2 aliphatic rings. The van der Waals surface area contributed by atoms with E-state index in [4.69, 9.17) is 16.0 Å². The summed E-state index contributed by atoms with van der Waals surface area (Å²) in [6.45, 7) is 29.2. The maximum Gasteiger partial charge on any atom is 0.247 e.